The third-order valence-corrected chi connectivity index (χ3v) is 5.75. The molecule has 4 heteroatoms. The molecule has 0 bridgehead atoms. The maximum absolute atomic E-state index is 12.5. The zero-order valence-electron chi connectivity index (χ0n) is 13.8. The molecule has 2 aliphatic rings. The van der Waals surface area contributed by atoms with Gasteiger partial charge in [-0.25, -0.2) is 0 Å². The number of benzene rings is 1. The second-order valence-electron chi connectivity index (χ2n) is 6.87. The van der Waals surface area contributed by atoms with E-state index in [1.807, 2.05) is 29.2 Å². The molecule has 0 spiro atoms. The first kappa shape index (κ1) is 17.0. The molecule has 1 amide bonds. The van der Waals surface area contributed by atoms with Gasteiger partial charge in [0.25, 0.3) is 0 Å². The van der Waals surface area contributed by atoms with Gasteiger partial charge in [-0.2, -0.15) is 0 Å². The predicted molar refractivity (Wildman–Crippen MR) is 97.5 cm³/mol. The molecule has 0 radical (unpaired) electrons. The molecular weight excluding hydrogens is 352 g/mol. The third kappa shape index (κ3) is 4.80. The lowest BCUT2D eigenvalue weighted by Crippen LogP contribution is -2.52. The molecule has 0 aromatic heterocycles. The van der Waals surface area contributed by atoms with Crippen LogP contribution in [0.4, 0.5) is 0 Å². The van der Waals surface area contributed by atoms with Crippen molar-refractivity contribution >= 4 is 21.8 Å². The van der Waals surface area contributed by atoms with Crippen LogP contribution in [0.2, 0.25) is 0 Å². The van der Waals surface area contributed by atoms with E-state index in [1.54, 1.807) is 0 Å². The predicted octanol–water partition coefficient (Wildman–Crippen LogP) is 3.86. The molecule has 0 atom stereocenters. The minimum absolute atomic E-state index is 0.267. The molecular formula is C19H27BrN2O. The van der Waals surface area contributed by atoms with Gasteiger partial charge in [-0.1, -0.05) is 53.7 Å². The maximum Gasteiger partial charge on any atom is 0.227 e. The highest BCUT2D eigenvalue weighted by molar-refractivity contribution is 9.10. The maximum atomic E-state index is 12.5. The van der Waals surface area contributed by atoms with Crippen molar-refractivity contribution in [2.75, 3.05) is 26.2 Å². The van der Waals surface area contributed by atoms with Gasteiger partial charge < -0.3 is 4.90 Å². The monoisotopic (exact) mass is 378 g/mol. The summed E-state index contributed by atoms with van der Waals surface area (Å²) in [6.45, 7) is 3.89. The van der Waals surface area contributed by atoms with Crippen molar-refractivity contribution in [1.82, 2.24) is 9.80 Å². The topological polar surface area (TPSA) is 23.6 Å². The van der Waals surface area contributed by atoms with Crippen molar-refractivity contribution in [3.63, 3.8) is 0 Å². The number of carbonyl (C=O) groups excluding carboxylic acids is 1. The van der Waals surface area contributed by atoms with Gasteiger partial charge in [0.2, 0.25) is 5.91 Å². The molecule has 1 aliphatic heterocycles. The van der Waals surface area contributed by atoms with Crippen LogP contribution in [0.25, 0.3) is 0 Å². The van der Waals surface area contributed by atoms with Crippen LogP contribution < -0.4 is 0 Å². The van der Waals surface area contributed by atoms with Gasteiger partial charge in [0, 0.05) is 36.7 Å². The van der Waals surface area contributed by atoms with E-state index in [2.05, 4.69) is 20.8 Å². The number of nitrogens with zero attached hydrogens (tertiary/aromatic N) is 2. The van der Waals surface area contributed by atoms with Crippen LogP contribution in [0.15, 0.2) is 28.7 Å². The number of piperazine rings is 1. The fourth-order valence-corrected chi connectivity index (χ4v) is 4.34. The molecule has 1 aromatic carbocycles. The van der Waals surface area contributed by atoms with E-state index in [-0.39, 0.29) is 5.91 Å². The number of amides is 1. The lowest BCUT2D eigenvalue weighted by atomic mass is 10.1. The van der Waals surface area contributed by atoms with Crippen molar-refractivity contribution in [3.05, 3.63) is 34.3 Å². The molecule has 3 rings (SSSR count). The SMILES string of the molecule is O=C(Cc1cccc(Br)c1)N1CCN(C2CCCCCC2)CC1. The van der Waals surface area contributed by atoms with Crippen LogP contribution in [-0.2, 0) is 11.2 Å². The molecule has 3 nitrogen and oxygen atoms in total. The molecule has 23 heavy (non-hydrogen) atoms. The summed E-state index contributed by atoms with van der Waals surface area (Å²) in [6, 6.07) is 8.83. The van der Waals surface area contributed by atoms with Gasteiger partial charge in [0.05, 0.1) is 6.42 Å². The lowest BCUT2D eigenvalue weighted by molar-refractivity contribution is -0.132. The van der Waals surface area contributed by atoms with Gasteiger partial charge in [-0.15, -0.1) is 0 Å². The van der Waals surface area contributed by atoms with E-state index in [4.69, 9.17) is 0 Å². The summed E-state index contributed by atoms with van der Waals surface area (Å²) in [6.07, 6.45) is 8.80. The summed E-state index contributed by atoms with van der Waals surface area (Å²) < 4.78 is 1.04. The molecule has 1 heterocycles. The number of rotatable bonds is 3. The standard InChI is InChI=1S/C19H27BrN2O/c20-17-7-5-6-16(14-17)15-19(23)22-12-10-21(11-13-22)18-8-3-1-2-4-9-18/h5-7,14,18H,1-4,8-13,15H2. The van der Waals surface area contributed by atoms with Crippen LogP contribution in [0, 0.1) is 0 Å². The Morgan fingerprint density at radius 1 is 1.04 bits per heavy atom. The molecule has 126 valence electrons. The average molecular weight is 379 g/mol. The zero-order valence-corrected chi connectivity index (χ0v) is 15.4. The van der Waals surface area contributed by atoms with Crippen LogP contribution in [0.3, 0.4) is 0 Å². The summed E-state index contributed by atoms with van der Waals surface area (Å²) in [4.78, 5) is 17.2. The minimum Gasteiger partial charge on any atom is -0.340 e. The quantitative estimate of drug-likeness (QED) is 0.745. The fourth-order valence-electron chi connectivity index (χ4n) is 3.89. The van der Waals surface area contributed by atoms with E-state index in [0.29, 0.717) is 6.42 Å². The summed E-state index contributed by atoms with van der Waals surface area (Å²) >= 11 is 3.47. The largest absolute Gasteiger partial charge is 0.340 e. The summed E-state index contributed by atoms with van der Waals surface area (Å²) in [5, 5.41) is 0. The van der Waals surface area contributed by atoms with Crippen molar-refractivity contribution in [1.29, 1.82) is 0 Å². The summed E-state index contributed by atoms with van der Waals surface area (Å²) in [5.74, 6) is 0.267. The highest BCUT2D eigenvalue weighted by Crippen LogP contribution is 2.23. The van der Waals surface area contributed by atoms with Gasteiger partial charge in [0.1, 0.15) is 0 Å². The summed E-state index contributed by atoms with van der Waals surface area (Å²) in [5.41, 5.74) is 1.09. The molecule has 1 saturated heterocycles. The summed E-state index contributed by atoms with van der Waals surface area (Å²) in [7, 11) is 0. The Morgan fingerprint density at radius 3 is 2.39 bits per heavy atom. The Hall–Kier alpha value is -0.870. The highest BCUT2D eigenvalue weighted by atomic mass is 79.9. The smallest absolute Gasteiger partial charge is 0.227 e. The van der Waals surface area contributed by atoms with Crippen LogP contribution in [0.1, 0.15) is 44.1 Å². The van der Waals surface area contributed by atoms with E-state index in [1.165, 1.54) is 38.5 Å². The Balaban J connectivity index is 1.49. The van der Waals surface area contributed by atoms with Crippen molar-refractivity contribution < 1.29 is 4.79 Å². The molecule has 0 N–H and O–H groups in total. The first-order valence-corrected chi connectivity index (χ1v) is 9.78. The Labute approximate surface area is 148 Å². The van der Waals surface area contributed by atoms with Crippen molar-refractivity contribution in [2.24, 2.45) is 0 Å². The normalized spacial score (nSPS) is 21.2. The van der Waals surface area contributed by atoms with Crippen molar-refractivity contribution in [2.45, 2.75) is 51.0 Å². The number of carbonyl (C=O) groups is 1. The average Bonchev–Trinajstić information content (AvgIpc) is 2.84. The number of hydrogen-bond acceptors (Lipinski definition) is 2. The zero-order chi connectivity index (χ0) is 16.1. The first-order valence-electron chi connectivity index (χ1n) is 8.98. The van der Waals surface area contributed by atoms with Crippen molar-refractivity contribution in [3.8, 4) is 0 Å². The Bertz CT molecular complexity index is 518. The number of halogens is 1. The van der Waals surface area contributed by atoms with E-state index in [9.17, 15) is 4.79 Å². The molecule has 1 aliphatic carbocycles. The molecule has 0 unspecified atom stereocenters. The van der Waals surface area contributed by atoms with E-state index >= 15 is 0 Å². The Kier molecular flexibility index (Phi) is 6.12. The molecule has 1 saturated carbocycles. The van der Waals surface area contributed by atoms with Gasteiger partial charge >= 0.3 is 0 Å². The van der Waals surface area contributed by atoms with E-state index < -0.39 is 0 Å². The van der Waals surface area contributed by atoms with Gasteiger partial charge in [-0.3, -0.25) is 9.69 Å². The third-order valence-electron chi connectivity index (χ3n) is 5.25. The number of hydrogen-bond donors (Lipinski definition) is 0. The van der Waals surface area contributed by atoms with Crippen LogP contribution >= 0.6 is 15.9 Å². The fraction of sp³-hybridized carbons (Fsp3) is 0.632. The first-order chi connectivity index (χ1) is 11.2. The van der Waals surface area contributed by atoms with Crippen LogP contribution in [0.5, 0.6) is 0 Å². The second-order valence-corrected chi connectivity index (χ2v) is 7.78. The van der Waals surface area contributed by atoms with E-state index in [0.717, 1.165) is 42.3 Å². The molecule has 1 aromatic rings. The second kappa shape index (κ2) is 8.29. The van der Waals surface area contributed by atoms with Gasteiger partial charge in [-0.05, 0) is 30.5 Å². The lowest BCUT2D eigenvalue weighted by Gasteiger charge is -2.39. The molecule has 2 fully saturated rings. The Morgan fingerprint density at radius 2 is 1.74 bits per heavy atom. The van der Waals surface area contributed by atoms with Gasteiger partial charge in [0.15, 0.2) is 0 Å². The minimum atomic E-state index is 0.267. The van der Waals surface area contributed by atoms with Crippen LogP contribution in [-0.4, -0.2) is 47.9 Å². The highest BCUT2D eigenvalue weighted by Gasteiger charge is 2.26.